The fraction of sp³-hybridized carbons (Fsp3) is 0.700. The first-order valence-electron chi connectivity index (χ1n) is 5.00. The number of aromatic amines is 1. The van der Waals surface area contributed by atoms with E-state index in [1.165, 1.54) is 0 Å². The van der Waals surface area contributed by atoms with Crippen LogP contribution in [-0.2, 0) is 0 Å². The van der Waals surface area contributed by atoms with Crippen LogP contribution in [-0.4, -0.2) is 28.9 Å². The zero-order valence-electron chi connectivity index (χ0n) is 9.29. The molecule has 0 fully saturated rings. The van der Waals surface area contributed by atoms with Gasteiger partial charge in [-0.25, -0.2) is 0 Å². The maximum absolute atomic E-state index is 5.58. The second-order valence-electron chi connectivity index (χ2n) is 3.88. The predicted molar refractivity (Wildman–Crippen MR) is 56.6 cm³/mol. The molecule has 2 N–H and O–H groups in total. The van der Waals surface area contributed by atoms with Gasteiger partial charge in [0.25, 0.3) is 0 Å². The second-order valence-corrected chi connectivity index (χ2v) is 3.88. The lowest BCUT2D eigenvalue weighted by molar-refractivity contribution is 0.205. The van der Waals surface area contributed by atoms with Crippen molar-refractivity contribution in [1.29, 1.82) is 0 Å². The fourth-order valence-corrected chi connectivity index (χ4v) is 1.10. The Balaban J connectivity index is 2.30. The first kappa shape index (κ1) is 11.0. The van der Waals surface area contributed by atoms with E-state index in [1.54, 1.807) is 0 Å². The van der Waals surface area contributed by atoms with E-state index in [0.717, 1.165) is 12.2 Å². The number of hydrogen-bond acceptors (Lipinski definition) is 3. The summed E-state index contributed by atoms with van der Waals surface area (Å²) in [6, 6.07) is 2.38. The van der Waals surface area contributed by atoms with Crippen LogP contribution in [0.15, 0.2) is 6.07 Å². The monoisotopic (exact) mass is 197 g/mol. The molecule has 4 nitrogen and oxygen atoms in total. The highest BCUT2D eigenvalue weighted by molar-refractivity contribution is 5.12. The third kappa shape index (κ3) is 3.79. The topological polar surface area (TPSA) is 49.9 Å². The van der Waals surface area contributed by atoms with Crippen LogP contribution in [0, 0.1) is 6.92 Å². The molecule has 80 valence electrons. The number of nitrogens with zero attached hydrogens (tertiary/aromatic N) is 1. The summed E-state index contributed by atoms with van der Waals surface area (Å²) in [6.07, 6.45) is 0.139. The van der Waals surface area contributed by atoms with Crippen molar-refractivity contribution in [1.82, 2.24) is 15.5 Å². The Morgan fingerprint density at radius 2 is 2.21 bits per heavy atom. The molecule has 0 bridgehead atoms. The zero-order valence-corrected chi connectivity index (χ0v) is 9.29. The minimum absolute atomic E-state index is 0.139. The highest BCUT2D eigenvalue weighted by Gasteiger charge is 2.06. The third-order valence-electron chi connectivity index (χ3n) is 1.82. The third-order valence-corrected chi connectivity index (χ3v) is 1.82. The van der Waals surface area contributed by atoms with Crippen molar-refractivity contribution < 1.29 is 4.74 Å². The Bertz CT molecular complexity index is 270. The van der Waals surface area contributed by atoms with E-state index in [-0.39, 0.29) is 6.10 Å². The SMILES string of the molecule is Cc1cc(OC(C)CNC(C)C)n[nH]1. The maximum atomic E-state index is 5.58. The van der Waals surface area contributed by atoms with Crippen molar-refractivity contribution in [2.45, 2.75) is 39.8 Å². The van der Waals surface area contributed by atoms with Gasteiger partial charge in [-0.3, -0.25) is 5.10 Å². The molecule has 14 heavy (non-hydrogen) atoms. The largest absolute Gasteiger partial charge is 0.472 e. The number of ether oxygens (including phenoxy) is 1. The van der Waals surface area contributed by atoms with Crippen molar-refractivity contribution >= 4 is 0 Å². The summed E-state index contributed by atoms with van der Waals surface area (Å²) in [6.45, 7) is 9.05. The number of hydrogen-bond donors (Lipinski definition) is 2. The highest BCUT2D eigenvalue weighted by Crippen LogP contribution is 2.08. The molecule has 0 aliphatic carbocycles. The van der Waals surface area contributed by atoms with Gasteiger partial charge in [-0.15, -0.1) is 5.10 Å². The van der Waals surface area contributed by atoms with Gasteiger partial charge >= 0.3 is 0 Å². The van der Waals surface area contributed by atoms with Gasteiger partial charge in [0.1, 0.15) is 6.10 Å². The quantitative estimate of drug-likeness (QED) is 0.751. The minimum atomic E-state index is 0.139. The summed E-state index contributed by atoms with van der Waals surface area (Å²) in [5.74, 6) is 0.667. The normalized spacial score (nSPS) is 13.2. The minimum Gasteiger partial charge on any atom is -0.472 e. The Morgan fingerprint density at radius 1 is 1.50 bits per heavy atom. The smallest absolute Gasteiger partial charge is 0.233 e. The van der Waals surface area contributed by atoms with Gasteiger partial charge in [0.05, 0.1) is 0 Å². The molecule has 0 aliphatic heterocycles. The number of aromatic nitrogens is 2. The van der Waals surface area contributed by atoms with Gasteiger partial charge < -0.3 is 10.1 Å². The van der Waals surface area contributed by atoms with E-state index < -0.39 is 0 Å². The lowest BCUT2D eigenvalue weighted by Gasteiger charge is -2.15. The number of aryl methyl sites for hydroxylation is 1. The average molecular weight is 197 g/mol. The number of nitrogens with one attached hydrogen (secondary N) is 2. The molecule has 0 aliphatic rings. The Kier molecular flexibility index (Phi) is 3.95. The Labute approximate surface area is 85.0 Å². The molecule has 0 saturated carbocycles. The maximum Gasteiger partial charge on any atom is 0.233 e. The number of H-pyrrole nitrogens is 1. The number of rotatable bonds is 5. The zero-order chi connectivity index (χ0) is 10.6. The molecule has 0 aromatic carbocycles. The molecule has 4 heteroatoms. The van der Waals surface area contributed by atoms with Gasteiger partial charge in [0, 0.05) is 24.3 Å². The van der Waals surface area contributed by atoms with Crippen LogP contribution < -0.4 is 10.1 Å². The van der Waals surface area contributed by atoms with Crippen molar-refractivity contribution in [3.63, 3.8) is 0 Å². The first-order valence-corrected chi connectivity index (χ1v) is 5.00. The average Bonchev–Trinajstić information content (AvgIpc) is 2.48. The van der Waals surface area contributed by atoms with Crippen molar-refractivity contribution in [3.8, 4) is 5.88 Å². The molecule has 1 heterocycles. The lowest BCUT2D eigenvalue weighted by atomic mass is 10.3. The predicted octanol–water partition coefficient (Wildman–Crippen LogP) is 1.48. The Morgan fingerprint density at radius 3 is 2.71 bits per heavy atom. The van der Waals surface area contributed by atoms with Crippen LogP contribution in [0.25, 0.3) is 0 Å². The van der Waals surface area contributed by atoms with Crippen LogP contribution >= 0.6 is 0 Å². The molecule has 0 amide bonds. The van der Waals surface area contributed by atoms with E-state index >= 15 is 0 Å². The molecule has 1 atom stereocenters. The molecule has 1 unspecified atom stereocenters. The van der Waals surface area contributed by atoms with E-state index in [1.807, 2.05) is 19.9 Å². The van der Waals surface area contributed by atoms with Gasteiger partial charge in [-0.05, 0) is 13.8 Å². The summed E-state index contributed by atoms with van der Waals surface area (Å²) in [5, 5.41) is 10.2. The van der Waals surface area contributed by atoms with Crippen LogP contribution in [0.4, 0.5) is 0 Å². The van der Waals surface area contributed by atoms with E-state index in [0.29, 0.717) is 11.9 Å². The van der Waals surface area contributed by atoms with Gasteiger partial charge in [0.15, 0.2) is 0 Å². The van der Waals surface area contributed by atoms with Crippen LogP contribution in [0.5, 0.6) is 5.88 Å². The molecule has 0 saturated heterocycles. The fourth-order valence-electron chi connectivity index (χ4n) is 1.10. The standard InChI is InChI=1S/C10H19N3O/c1-7(2)11-6-9(4)14-10-5-8(3)12-13-10/h5,7,9,11H,6H2,1-4H3,(H,12,13). The highest BCUT2D eigenvalue weighted by atomic mass is 16.5. The van der Waals surface area contributed by atoms with Crippen molar-refractivity contribution in [2.24, 2.45) is 0 Å². The summed E-state index contributed by atoms with van der Waals surface area (Å²) in [5.41, 5.74) is 1.02. The molecule has 0 radical (unpaired) electrons. The first-order chi connectivity index (χ1) is 6.58. The van der Waals surface area contributed by atoms with E-state index in [9.17, 15) is 0 Å². The van der Waals surface area contributed by atoms with Crippen LogP contribution in [0.2, 0.25) is 0 Å². The van der Waals surface area contributed by atoms with E-state index in [2.05, 4.69) is 29.4 Å². The van der Waals surface area contributed by atoms with Crippen LogP contribution in [0.3, 0.4) is 0 Å². The molecule has 1 aromatic heterocycles. The second kappa shape index (κ2) is 5.00. The summed E-state index contributed by atoms with van der Waals surface area (Å²) < 4.78 is 5.58. The molecular formula is C10H19N3O. The van der Waals surface area contributed by atoms with Gasteiger partial charge in [-0.1, -0.05) is 13.8 Å². The summed E-state index contributed by atoms with van der Waals surface area (Å²) in [7, 11) is 0. The molecule has 0 spiro atoms. The summed E-state index contributed by atoms with van der Waals surface area (Å²) >= 11 is 0. The molecule has 1 rings (SSSR count). The molecular weight excluding hydrogens is 178 g/mol. The van der Waals surface area contributed by atoms with Crippen LogP contribution in [0.1, 0.15) is 26.5 Å². The van der Waals surface area contributed by atoms with E-state index in [4.69, 9.17) is 4.74 Å². The van der Waals surface area contributed by atoms with Gasteiger partial charge in [-0.2, -0.15) is 0 Å². The molecule has 1 aromatic rings. The van der Waals surface area contributed by atoms with Crippen molar-refractivity contribution in [3.05, 3.63) is 11.8 Å². The Hall–Kier alpha value is -1.03. The van der Waals surface area contributed by atoms with Gasteiger partial charge in [0.2, 0.25) is 5.88 Å². The van der Waals surface area contributed by atoms with Crippen molar-refractivity contribution in [2.75, 3.05) is 6.54 Å². The lowest BCUT2D eigenvalue weighted by Crippen LogP contribution is -2.33. The summed E-state index contributed by atoms with van der Waals surface area (Å²) in [4.78, 5) is 0.